The number of aliphatic carboxylic acids is 1. The molecule has 1 saturated heterocycles. The molecular weight excluding hydrogens is 172 g/mol. The van der Waals surface area contributed by atoms with Crippen LogP contribution in [0, 0.1) is 0 Å². The Bertz CT molecular complexity index is 311. The minimum absolute atomic E-state index is 0.0861. The van der Waals surface area contributed by atoms with Crippen molar-refractivity contribution in [3.63, 3.8) is 0 Å². The first-order chi connectivity index (χ1) is 6.13. The summed E-state index contributed by atoms with van der Waals surface area (Å²) in [6.45, 7) is 0. The Balaban J connectivity index is 2.27. The van der Waals surface area contributed by atoms with Gasteiger partial charge in [-0.05, 0) is 12.8 Å². The van der Waals surface area contributed by atoms with Crippen LogP contribution in [0.1, 0.15) is 12.8 Å². The van der Waals surface area contributed by atoms with Crippen molar-refractivity contribution >= 4 is 11.9 Å². The lowest BCUT2D eigenvalue weighted by Gasteiger charge is -2.47. The molecule has 2 atom stereocenters. The van der Waals surface area contributed by atoms with E-state index in [0.29, 0.717) is 6.42 Å². The van der Waals surface area contributed by atoms with Gasteiger partial charge in [-0.15, -0.1) is 0 Å². The molecule has 2 heterocycles. The van der Waals surface area contributed by atoms with Crippen LogP contribution in [0.5, 0.6) is 0 Å². The summed E-state index contributed by atoms with van der Waals surface area (Å²) in [5.41, 5.74) is 5.61. The van der Waals surface area contributed by atoms with Gasteiger partial charge >= 0.3 is 5.97 Å². The summed E-state index contributed by atoms with van der Waals surface area (Å²) in [6, 6.07) is -0.591. The zero-order chi connectivity index (χ0) is 9.59. The van der Waals surface area contributed by atoms with Gasteiger partial charge in [0.15, 0.2) is 0 Å². The molecule has 0 radical (unpaired) electrons. The van der Waals surface area contributed by atoms with Crippen molar-refractivity contribution in [3.05, 3.63) is 11.8 Å². The number of amides is 1. The van der Waals surface area contributed by atoms with Crippen molar-refractivity contribution in [3.8, 4) is 0 Å². The van der Waals surface area contributed by atoms with Crippen molar-refractivity contribution < 1.29 is 14.7 Å². The predicted molar refractivity (Wildman–Crippen MR) is 43.6 cm³/mol. The predicted octanol–water partition coefficient (Wildman–Crippen LogP) is -0.713. The molecule has 2 rings (SSSR count). The fraction of sp³-hybridized carbons (Fsp3) is 0.500. The first kappa shape index (κ1) is 8.25. The Hall–Kier alpha value is -1.36. The summed E-state index contributed by atoms with van der Waals surface area (Å²) in [7, 11) is 0. The van der Waals surface area contributed by atoms with E-state index in [4.69, 9.17) is 10.8 Å². The van der Waals surface area contributed by atoms with Gasteiger partial charge in [-0.3, -0.25) is 9.69 Å². The number of nitrogens with two attached hydrogens (primary N) is 1. The third-order valence-corrected chi connectivity index (χ3v) is 2.55. The summed E-state index contributed by atoms with van der Waals surface area (Å²) in [5, 5.41) is 8.76. The SMILES string of the molecule is N[C@H]1C(=O)N2C(C(=O)O)=CCCC12. The number of fused-ring (bicyclic) bond motifs is 1. The molecule has 0 bridgehead atoms. The van der Waals surface area contributed by atoms with E-state index in [0.717, 1.165) is 6.42 Å². The molecule has 5 nitrogen and oxygen atoms in total. The molecule has 2 aliphatic heterocycles. The van der Waals surface area contributed by atoms with E-state index >= 15 is 0 Å². The highest BCUT2D eigenvalue weighted by Crippen LogP contribution is 2.31. The monoisotopic (exact) mass is 182 g/mol. The van der Waals surface area contributed by atoms with E-state index in [9.17, 15) is 9.59 Å². The number of hydrogen-bond acceptors (Lipinski definition) is 3. The highest BCUT2D eigenvalue weighted by atomic mass is 16.4. The zero-order valence-electron chi connectivity index (χ0n) is 6.93. The minimum atomic E-state index is -1.05. The van der Waals surface area contributed by atoms with Gasteiger partial charge in [-0.25, -0.2) is 4.79 Å². The van der Waals surface area contributed by atoms with Crippen LogP contribution >= 0.6 is 0 Å². The number of carbonyl (C=O) groups is 2. The number of nitrogens with zero attached hydrogens (tertiary/aromatic N) is 1. The van der Waals surface area contributed by atoms with Crippen molar-refractivity contribution in [2.75, 3.05) is 0 Å². The van der Waals surface area contributed by atoms with Gasteiger partial charge in [0.05, 0.1) is 6.04 Å². The largest absolute Gasteiger partial charge is 0.477 e. The number of carbonyl (C=O) groups excluding carboxylic acids is 1. The van der Waals surface area contributed by atoms with E-state index in [1.807, 2.05) is 0 Å². The van der Waals surface area contributed by atoms with Crippen LogP contribution in [0.3, 0.4) is 0 Å². The van der Waals surface area contributed by atoms with E-state index in [2.05, 4.69) is 0 Å². The molecule has 5 heteroatoms. The van der Waals surface area contributed by atoms with Crippen molar-refractivity contribution in [1.29, 1.82) is 0 Å². The second-order valence-electron chi connectivity index (χ2n) is 3.27. The van der Waals surface area contributed by atoms with Gasteiger partial charge < -0.3 is 10.8 Å². The Kier molecular flexibility index (Phi) is 1.63. The molecule has 1 unspecified atom stereocenters. The first-order valence-corrected chi connectivity index (χ1v) is 4.15. The molecule has 0 saturated carbocycles. The molecule has 0 aromatic rings. The molecule has 13 heavy (non-hydrogen) atoms. The van der Waals surface area contributed by atoms with Gasteiger partial charge in [0, 0.05) is 0 Å². The third-order valence-electron chi connectivity index (χ3n) is 2.55. The van der Waals surface area contributed by atoms with E-state index in [1.54, 1.807) is 6.08 Å². The van der Waals surface area contributed by atoms with E-state index in [1.165, 1.54) is 4.90 Å². The molecule has 0 aromatic carbocycles. The van der Waals surface area contributed by atoms with Crippen molar-refractivity contribution in [1.82, 2.24) is 4.90 Å². The Morgan fingerprint density at radius 3 is 3.00 bits per heavy atom. The van der Waals surface area contributed by atoms with Crippen molar-refractivity contribution in [2.24, 2.45) is 5.73 Å². The lowest BCUT2D eigenvalue weighted by Crippen LogP contribution is -2.69. The van der Waals surface area contributed by atoms with Crippen LogP contribution < -0.4 is 5.73 Å². The smallest absolute Gasteiger partial charge is 0.352 e. The minimum Gasteiger partial charge on any atom is -0.477 e. The molecule has 1 amide bonds. The molecule has 70 valence electrons. The summed E-state index contributed by atoms with van der Waals surface area (Å²) < 4.78 is 0. The molecule has 1 fully saturated rings. The number of allylic oxidation sites excluding steroid dienone is 1. The number of rotatable bonds is 1. The van der Waals surface area contributed by atoms with Gasteiger partial charge in [0.1, 0.15) is 11.7 Å². The summed E-state index contributed by atoms with van der Waals surface area (Å²) >= 11 is 0. The van der Waals surface area contributed by atoms with Gasteiger partial charge in [0.2, 0.25) is 5.91 Å². The quantitative estimate of drug-likeness (QED) is 0.524. The second-order valence-corrected chi connectivity index (χ2v) is 3.27. The van der Waals surface area contributed by atoms with Crippen LogP contribution in [0.25, 0.3) is 0 Å². The lowest BCUT2D eigenvalue weighted by molar-refractivity contribution is -0.152. The van der Waals surface area contributed by atoms with Crippen LogP contribution in [0.4, 0.5) is 0 Å². The molecule has 3 N–H and O–H groups in total. The fourth-order valence-corrected chi connectivity index (χ4v) is 1.85. The lowest BCUT2D eigenvalue weighted by atomic mass is 9.87. The maximum absolute atomic E-state index is 11.2. The maximum Gasteiger partial charge on any atom is 0.352 e. The average molecular weight is 182 g/mol. The van der Waals surface area contributed by atoms with Crippen LogP contribution in [0.2, 0.25) is 0 Å². The van der Waals surface area contributed by atoms with Crippen LogP contribution in [0.15, 0.2) is 11.8 Å². The molecule has 2 aliphatic rings. The molecule has 0 aromatic heterocycles. The average Bonchev–Trinajstić information content (AvgIpc) is 2.15. The van der Waals surface area contributed by atoms with Crippen LogP contribution in [-0.4, -0.2) is 34.0 Å². The molecular formula is C8H10N2O3. The van der Waals surface area contributed by atoms with E-state index < -0.39 is 12.0 Å². The maximum atomic E-state index is 11.2. The number of carboxylic acid groups (broad SMARTS) is 1. The zero-order valence-corrected chi connectivity index (χ0v) is 6.93. The van der Waals surface area contributed by atoms with Gasteiger partial charge in [0.25, 0.3) is 0 Å². The summed E-state index contributed by atoms with van der Waals surface area (Å²) in [5.74, 6) is -1.33. The summed E-state index contributed by atoms with van der Waals surface area (Å²) in [6.07, 6.45) is 3.02. The molecule has 0 spiro atoms. The van der Waals surface area contributed by atoms with E-state index in [-0.39, 0.29) is 17.6 Å². The van der Waals surface area contributed by atoms with Crippen LogP contribution in [-0.2, 0) is 9.59 Å². The number of β-lactam (4-membered cyclic amide) rings is 1. The Morgan fingerprint density at radius 1 is 1.69 bits per heavy atom. The highest BCUT2D eigenvalue weighted by Gasteiger charge is 2.49. The normalized spacial score (nSPS) is 31.9. The van der Waals surface area contributed by atoms with Gasteiger partial charge in [-0.1, -0.05) is 6.08 Å². The molecule has 0 aliphatic carbocycles. The second kappa shape index (κ2) is 2.56. The topological polar surface area (TPSA) is 83.6 Å². The fourth-order valence-electron chi connectivity index (χ4n) is 1.85. The highest BCUT2D eigenvalue weighted by molar-refractivity contribution is 5.99. The summed E-state index contributed by atoms with van der Waals surface area (Å²) in [4.78, 5) is 23.2. The van der Waals surface area contributed by atoms with Crippen molar-refractivity contribution in [2.45, 2.75) is 24.9 Å². The first-order valence-electron chi connectivity index (χ1n) is 4.15. The number of carboxylic acids is 1. The standard InChI is InChI=1S/C8H10N2O3/c9-6-4-2-1-3-5(8(12)13)10(4)7(6)11/h3-4,6H,1-2,9H2,(H,12,13)/t4?,6-/m1/s1. The third kappa shape index (κ3) is 0.968. The Labute approximate surface area is 74.8 Å². The Morgan fingerprint density at radius 2 is 2.38 bits per heavy atom. The van der Waals surface area contributed by atoms with Gasteiger partial charge in [-0.2, -0.15) is 0 Å². The number of hydrogen-bond donors (Lipinski definition) is 2.